The third-order valence-electron chi connectivity index (χ3n) is 3.32. The Labute approximate surface area is 137 Å². The van der Waals surface area contributed by atoms with Crippen LogP contribution in [-0.2, 0) is 11.3 Å². The summed E-state index contributed by atoms with van der Waals surface area (Å²) >= 11 is 5.84. The minimum atomic E-state index is -0.427. The number of hydrogen-bond acceptors (Lipinski definition) is 4. The van der Waals surface area contributed by atoms with Crippen molar-refractivity contribution in [3.63, 3.8) is 0 Å². The first-order valence-corrected chi connectivity index (χ1v) is 7.26. The number of esters is 1. The summed E-state index contributed by atoms with van der Waals surface area (Å²) < 4.78 is 5.29. The fourth-order valence-corrected chi connectivity index (χ4v) is 2.34. The molecule has 0 aliphatic heterocycles. The molecule has 0 fully saturated rings. The molecule has 1 aromatic heterocycles. The van der Waals surface area contributed by atoms with Crippen molar-refractivity contribution >= 4 is 28.5 Å². The van der Waals surface area contributed by atoms with Crippen LogP contribution in [0, 0.1) is 11.3 Å². The van der Waals surface area contributed by atoms with Crippen molar-refractivity contribution in [3.8, 4) is 6.07 Å². The smallest absolute Gasteiger partial charge is 0.338 e. The fourth-order valence-electron chi connectivity index (χ4n) is 2.19. The summed E-state index contributed by atoms with van der Waals surface area (Å²) in [5.74, 6) is -0.427. The largest absolute Gasteiger partial charge is 0.457 e. The van der Waals surface area contributed by atoms with E-state index < -0.39 is 5.97 Å². The van der Waals surface area contributed by atoms with Gasteiger partial charge in [0.25, 0.3) is 0 Å². The van der Waals surface area contributed by atoms with Crippen molar-refractivity contribution in [3.05, 3.63) is 76.4 Å². The first-order chi connectivity index (χ1) is 11.2. The molecule has 0 N–H and O–H groups in total. The Morgan fingerprint density at radius 1 is 1.17 bits per heavy atom. The van der Waals surface area contributed by atoms with E-state index in [9.17, 15) is 4.79 Å². The highest BCUT2D eigenvalue weighted by molar-refractivity contribution is 6.29. The Bertz CT molecular complexity index is 932. The van der Waals surface area contributed by atoms with Crippen molar-refractivity contribution in [1.29, 1.82) is 5.26 Å². The summed E-state index contributed by atoms with van der Waals surface area (Å²) in [6.07, 6.45) is 0. The Morgan fingerprint density at radius 2 is 2.04 bits per heavy atom. The maximum absolute atomic E-state index is 12.1. The first-order valence-electron chi connectivity index (χ1n) is 6.88. The van der Waals surface area contributed by atoms with Crippen molar-refractivity contribution in [1.82, 2.24) is 4.98 Å². The Kier molecular flexibility index (Phi) is 4.22. The second kappa shape index (κ2) is 6.47. The second-order valence-electron chi connectivity index (χ2n) is 4.93. The number of rotatable bonds is 3. The van der Waals surface area contributed by atoms with Crippen LogP contribution in [0.3, 0.4) is 0 Å². The first kappa shape index (κ1) is 15.0. The van der Waals surface area contributed by atoms with Gasteiger partial charge in [0.15, 0.2) is 0 Å². The highest BCUT2D eigenvalue weighted by atomic mass is 35.5. The summed E-state index contributed by atoms with van der Waals surface area (Å²) in [6.45, 7) is 0.116. The van der Waals surface area contributed by atoms with Crippen molar-refractivity contribution in [2.24, 2.45) is 0 Å². The molecule has 112 valence electrons. The van der Waals surface area contributed by atoms with Gasteiger partial charge in [-0.15, -0.1) is 0 Å². The highest BCUT2D eigenvalue weighted by Gasteiger charge is 2.09. The molecule has 3 rings (SSSR count). The zero-order chi connectivity index (χ0) is 16.2. The molecular weight excluding hydrogens is 312 g/mol. The predicted molar refractivity (Wildman–Crippen MR) is 87.0 cm³/mol. The lowest BCUT2D eigenvalue weighted by atomic mass is 10.1. The van der Waals surface area contributed by atoms with Gasteiger partial charge in [-0.05, 0) is 48.0 Å². The molecule has 3 aromatic rings. The molecule has 5 heteroatoms. The third-order valence-corrected chi connectivity index (χ3v) is 3.53. The quantitative estimate of drug-likeness (QED) is 0.537. The lowest BCUT2D eigenvalue weighted by Gasteiger charge is -2.06. The number of benzene rings is 2. The van der Waals surface area contributed by atoms with Gasteiger partial charge in [-0.3, -0.25) is 0 Å². The standard InChI is InChI=1S/C18H11ClN2O2/c19-17-7-5-14-9-15(4-6-16(14)21-17)18(22)23-11-13-3-1-2-12(8-13)10-20/h1-9H,11H2. The van der Waals surface area contributed by atoms with E-state index in [0.717, 1.165) is 16.5 Å². The minimum absolute atomic E-state index is 0.116. The van der Waals surface area contributed by atoms with Crippen molar-refractivity contribution in [2.45, 2.75) is 6.61 Å². The Morgan fingerprint density at radius 3 is 2.87 bits per heavy atom. The van der Waals surface area contributed by atoms with Crippen LogP contribution >= 0.6 is 11.6 Å². The van der Waals surface area contributed by atoms with E-state index >= 15 is 0 Å². The fraction of sp³-hybridized carbons (Fsp3) is 0.0556. The maximum Gasteiger partial charge on any atom is 0.338 e. The third kappa shape index (κ3) is 3.47. The normalized spacial score (nSPS) is 10.3. The lowest BCUT2D eigenvalue weighted by Crippen LogP contribution is -2.05. The molecule has 0 aliphatic carbocycles. The van der Waals surface area contributed by atoms with Crippen molar-refractivity contribution in [2.75, 3.05) is 0 Å². The predicted octanol–water partition coefficient (Wildman–Crippen LogP) is 4.12. The van der Waals surface area contributed by atoms with Gasteiger partial charge in [-0.2, -0.15) is 5.26 Å². The van der Waals surface area contributed by atoms with Crippen LogP contribution in [-0.4, -0.2) is 11.0 Å². The number of fused-ring (bicyclic) bond motifs is 1. The van der Waals surface area contributed by atoms with Crippen LogP contribution in [0.25, 0.3) is 10.9 Å². The highest BCUT2D eigenvalue weighted by Crippen LogP contribution is 2.18. The molecule has 0 unspecified atom stereocenters. The number of halogens is 1. The molecule has 0 bridgehead atoms. The molecular formula is C18H11ClN2O2. The molecule has 1 heterocycles. The molecule has 0 atom stereocenters. The summed E-state index contributed by atoms with van der Waals surface area (Å²) in [4.78, 5) is 16.3. The van der Waals surface area contributed by atoms with Crippen LogP contribution in [0.2, 0.25) is 5.15 Å². The zero-order valence-electron chi connectivity index (χ0n) is 12.0. The van der Waals surface area contributed by atoms with E-state index in [0.29, 0.717) is 16.3 Å². The van der Waals surface area contributed by atoms with E-state index in [4.69, 9.17) is 21.6 Å². The van der Waals surface area contributed by atoms with Gasteiger partial charge in [0.05, 0.1) is 22.7 Å². The monoisotopic (exact) mass is 322 g/mol. The SMILES string of the molecule is N#Cc1cccc(COC(=O)c2ccc3nc(Cl)ccc3c2)c1. The Hall–Kier alpha value is -2.90. The molecule has 0 spiro atoms. The van der Waals surface area contributed by atoms with Gasteiger partial charge in [-0.25, -0.2) is 9.78 Å². The van der Waals surface area contributed by atoms with Crippen LogP contribution in [0.5, 0.6) is 0 Å². The summed E-state index contributed by atoms with van der Waals surface area (Å²) in [7, 11) is 0. The average molecular weight is 323 g/mol. The van der Waals surface area contributed by atoms with E-state index in [1.807, 2.05) is 0 Å². The van der Waals surface area contributed by atoms with Gasteiger partial charge in [-0.1, -0.05) is 23.7 Å². The molecule has 0 aliphatic rings. The van der Waals surface area contributed by atoms with Crippen LogP contribution in [0.15, 0.2) is 54.6 Å². The molecule has 0 amide bonds. The van der Waals surface area contributed by atoms with Crippen molar-refractivity contribution < 1.29 is 9.53 Å². The Balaban J connectivity index is 1.75. The van der Waals surface area contributed by atoms with E-state index in [1.54, 1.807) is 54.6 Å². The molecule has 0 saturated carbocycles. The lowest BCUT2D eigenvalue weighted by molar-refractivity contribution is 0.0473. The van der Waals surface area contributed by atoms with Gasteiger partial charge in [0.2, 0.25) is 0 Å². The molecule has 4 nitrogen and oxygen atoms in total. The molecule has 0 saturated heterocycles. The number of carbonyl (C=O) groups excluding carboxylic acids is 1. The number of ether oxygens (including phenoxy) is 1. The van der Waals surface area contributed by atoms with Gasteiger partial charge in [0.1, 0.15) is 11.8 Å². The number of hydrogen-bond donors (Lipinski definition) is 0. The zero-order valence-corrected chi connectivity index (χ0v) is 12.7. The average Bonchev–Trinajstić information content (AvgIpc) is 2.59. The number of pyridine rings is 1. The topological polar surface area (TPSA) is 63.0 Å². The summed E-state index contributed by atoms with van der Waals surface area (Å²) in [6, 6.07) is 17.6. The summed E-state index contributed by atoms with van der Waals surface area (Å²) in [5, 5.41) is 10.1. The summed E-state index contributed by atoms with van der Waals surface area (Å²) in [5.41, 5.74) is 2.47. The van der Waals surface area contributed by atoms with Crippen LogP contribution in [0.1, 0.15) is 21.5 Å². The molecule has 0 radical (unpaired) electrons. The number of nitrogens with zero attached hydrogens (tertiary/aromatic N) is 2. The van der Waals surface area contributed by atoms with Crippen LogP contribution < -0.4 is 0 Å². The number of aromatic nitrogens is 1. The van der Waals surface area contributed by atoms with Gasteiger partial charge < -0.3 is 4.74 Å². The van der Waals surface area contributed by atoms with Gasteiger partial charge in [0, 0.05) is 5.39 Å². The van der Waals surface area contributed by atoms with Crippen LogP contribution in [0.4, 0.5) is 0 Å². The van der Waals surface area contributed by atoms with Gasteiger partial charge >= 0.3 is 5.97 Å². The second-order valence-corrected chi connectivity index (χ2v) is 5.32. The molecule has 23 heavy (non-hydrogen) atoms. The minimum Gasteiger partial charge on any atom is -0.457 e. The van der Waals surface area contributed by atoms with E-state index in [1.165, 1.54) is 0 Å². The number of carbonyl (C=O) groups is 1. The number of nitriles is 1. The maximum atomic E-state index is 12.1. The molecule has 2 aromatic carbocycles. The van der Waals surface area contributed by atoms with E-state index in [-0.39, 0.29) is 6.61 Å². The van der Waals surface area contributed by atoms with E-state index in [2.05, 4.69) is 11.1 Å².